The highest BCUT2D eigenvalue weighted by Crippen LogP contribution is 2.31. The summed E-state index contributed by atoms with van der Waals surface area (Å²) in [5.74, 6) is 0.419. The van der Waals surface area contributed by atoms with E-state index in [1.807, 2.05) is 79.7 Å². The lowest BCUT2D eigenvalue weighted by molar-refractivity contribution is -0.113. The third kappa shape index (κ3) is 6.56. The average molecular weight is 618 g/mol. The van der Waals surface area contributed by atoms with Crippen molar-refractivity contribution in [3.63, 3.8) is 0 Å². The van der Waals surface area contributed by atoms with Gasteiger partial charge in [-0.05, 0) is 77.6 Å². The van der Waals surface area contributed by atoms with Crippen molar-refractivity contribution in [3.8, 4) is 5.75 Å². The summed E-state index contributed by atoms with van der Waals surface area (Å²) < 4.78 is 21.2. The number of thiazole rings is 1. The molecule has 226 valence electrons. The molecular formula is C37H32FN3O3S. The Balaban J connectivity index is 1.35. The van der Waals surface area contributed by atoms with Gasteiger partial charge in [0.2, 0.25) is 0 Å². The standard InChI is InChI=1S/C37H32FN3O3S/c1-23(2)27-13-15-28(16-14-27)34-33(35(42)40-30-7-5-4-6-8-30)24(3)39-37-41(34)36(43)32(45-37)21-25-11-19-31(20-12-25)44-22-26-9-17-29(38)18-10-26/h4-21,23,34H,22H2,1-3H3,(H,40,42)/b32-21-/t34-/m0/s1. The fourth-order valence-electron chi connectivity index (χ4n) is 5.27. The zero-order valence-electron chi connectivity index (χ0n) is 25.2. The molecule has 0 radical (unpaired) electrons. The van der Waals surface area contributed by atoms with Crippen LogP contribution in [0.4, 0.5) is 10.1 Å². The molecule has 0 fully saturated rings. The van der Waals surface area contributed by atoms with Gasteiger partial charge in [0.15, 0.2) is 4.80 Å². The van der Waals surface area contributed by atoms with Crippen molar-refractivity contribution in [2.75, 3.05) is 5.32 Å². The van der Waals surface area contributed by atoms with Crippen LogP contribution in [-0.4, -0.2) is 10.5 Å². The molecule has 0 spiro atoms. The van der Waals surface area contributed by atoms with Crippen LogP contribution in [0.15, 0.2) is 124 Å². The van der Waals surface area contributed by atoms with E-state index in [0.29, 0.717) is 44.6 Å². The van der Waals surface area contributed by atoms with E-state index in [9.17, 15) is 14.0 Å². The average Bonchev–Trinajstić information content (AvgIpc) is 3.34. The van der Waals surface area contributed by atoms with Gasteiger partial charge in [0.1, 0.15) is 18.2 Å². The summed E-state index contributed by atoms with van der Waals surface area (Å²) in [7, 11) is 0. The Labute approximate surface area is 264 Å². The highest BCUT2D eigenvalue weighted by Gasteiger charge is 2.32. The van der Waals surface area contributed by atoms with E-state index in [1.54, 1.807) is 16.7 Å². The molecule has 45 heavy (non-hydrogen) atoms. The van der Waals surface area contributed by atoms with Crippen molar-refractivity contribution in [3.05, 3.63) is 162 Å². The van der Waals surface area contributed by atoms with E-state index in [0.717, 1.165) is 16.7 Å². The number of allylic oxidation sites excluding steroid dienone is 1. The molecule has 5 aromatic rings. The van der Waals surface area contributed by atoms with E-state index in [-0.39, 0.29) is 17.3 Å². The van der Waals surface area contributed by atoms with Crippen LogP contribution in [0.5, 0.6) is 5.75 Å². The minimum Gasteiger partial charge on any atom is -0.489 e. The number of aromatic nitrogens is 1. The summed E-state index contributed by atoms with van der Waals surface area (Å²) >= 11 is 1.30. The smallest absolute Gasteiger partial charge is 0.271 e. The Morgan fingerprint density at radius 3 is 2.33 bits per heavy atom. The number of halogens is 1. The van der Waals surface area contributed by atoms with Crippen LogP contribution < -0.4 is 24.9 Å². The first kappa shape index (κ1) is 30.0. The van der Waals surface area contributed by atoms with E-state index in [1.165, 1.54) is 29.0 Å². The first-order valence-electron chi connectivity index (χ1n) is 14.7. The summed E-state index contributed by atoms with van der Waals surface area (Å²) in [5.41, 5.74) is 5.14. The number of benzene rings is 4. The molecule has 6 rings (SSSR count). The number of carbonyl (C=O) groups excluding carboxylic acids is 1. The van der Waals surface area contributed by atoms with Gasteiger partial charge in [-0.15, -0.1) is 0 Å². The number of anilines is 1. The molecule has 1 aromatic heterocycles. The summed E-state index contributed by atoms with van der Waals surface area (Å²) in [6.45, 7) is 6.39. The van der Waals surface area contributed by atoms with Gasteiger partial charge in [0.25, 0.3) is 11.5 Å². The molecule has 0 aliphatic carbocycles. The third-order valence-electron chi connectivity index (χ3n) is 7.71. The van der Waals surface area contributed by atoms with Crippen LogP contribution >= 0.6 is 11.3 Å². The number of hydrogen-bond donors (Lipinski definition) is 1. The minimum atomic E-state index is -0.643. The lowest BCUT2D eigenvalue weighted by Gasteiger charge is -2.25. The Morgan fingerprint density at radius 1 is 0.978 bits per heavy atom. The van der Waals surface area contributed by atoms with Crippen molar-refractivity contribution < 1.29 is 13.9 Å². The van der Waals surface area contributed by atoms with Crippen LogP contribution in [-0.2, 0) is 11.4 Å². The van der Waals surface area contributed by atoms with E-state index in [4.69, 9.17) is 9.73 Å². The largest absolute Gasteiger partial charge is 0.489 e. The molecule has 2 heterocycles. The number of amides is 1. The summed E-state index contributed by atoms with van der Waals surface area (Å²) in [5, 5.41) is 2.99. The SMILES string of the molecule is CC1=C(C(=O)Nc2ccccc2)[C@H](c2ccc(C(C)C)cc2)n2c(s/c(=C\c3ccc(OCc4ccc(F)cc4)cc3)c2=O)=N1. The quantitative estimate of drug-likeness (QED) is 0.210. The summed E-state index contributed by atoms with van der Waals surface area (Å²) in [6.07, 6.45) is 1.83. The molecule has 0 saturated heterocycles. The second kappa shape index (κ2) is 12.9. The molecule has 4 aromatic carbocycles. The topological polar surface area (TPSA) is 72.7 Å². The molecule has 1 amide bonds. The van der Waals surface area contributed by atoms with E-state index in [2.05, 4.69) is 31.3 Å². The zero-order valence-corrected chi connectivity index (χ0v) is 26.0. The number of nitrogens with one attached hydrogen (secondary N) is 1. The molecule has 8 heteroatoms. The van der Waals surface area contributed by atoms with Crippen LogP contribution in [0.1, 0.15) is 55.0 Å². The third-order valence-corrected chi connectivity index (χ3v) is 8.70. The highest BCUT2D eigenvalue weighted by atomic mass is 32.1. The Morgan fingerprint density at radius 2 is 1.67 bits per heavy atom. The fraction of sp³-hybridized carbons (Fsp3) is 0.162. The van der Waals surface area contributed by atoms with Gasteiger partial charge in [-0.1, -0.05) is 91.9 Å². The molecule has 0 bridgehead atoms. The maximum absolute atomic E-state index is 14.0. The minimum absolute atomic E-state index is 0.217. The lowest BCUT2D eigenvalue weighted by Crippen LogP contribution is -2.40. The Bertz CT molecular complexity index is 2050. The van der Waals surface area contributed by atoms with Crippen molar-refractivity contribution in [1.82, 2.24) is 4.57 Å². The van der Waals surface area contributed by atoms with Gasteiger partial charge in [0.05, 0.1) is 21.8 Å². The normalized spacial score (nSPS) is 14.7. The fourth-order valence-corrected chi connectivity index (χ4v) is 6.32. The molecule has 1 atom stereocenters. The van der Waals surface area contributed by atoms with Gasteiger partial charge >= 0.3 is 0 Å². The number of para-hydroxylation sites is 1. The number of ether oxygens (including phenoxy) is 1. The molecule has 1 N–H and O–H groups in total. The molecule has 1 aliphatic heterocycles. The molecule has 0 unspecified atom stereocenters. The number of rotatable bonds is 8. The number of carbonyl (C=O) groups is 1. The van der Waals surface area contributed by atoms with E-state index >= 15 is 0 Å². The Hall–Kier alpha value is -5.08. The van der Waals surface area contributed by atoms with Crippen LogP contribution in [0.2, 0.25) is 0 Å². The van der Waals surface area contributed by atoms with Crippen LogP contribution in [0, 0.1) is 5.82 Å². The first-order valence-corrected chi connectivity index (χ1v) is 15.5. The predicted octanol–water partition coefficient (Wildman–Crippen LogP) is 6.72. The Kier molecular flexibility index (Phi) is 8.58. The number of hydrogen-bond acceptors (Lipinski definition) is 5. The van der Waals surface area contributed by atoms with Gasteiger partial charge in [0, 0.05) is 5.69 Å². The van der Waals surface area contributed by atoms with Gasteiger partial charge < -0.3 is 10.1 Å². The zero-order chi connectivity index (χ0) is 31.5. The van der Waals surface area contributed by atoms with Gasteiger partial charge in [-0.3, -0.25) is 14.2 Å². The van der Waals surface area contributed by atoms with Crippen molar-refractivity contribution in [1.29, 1.82) is 0 Å². The molecular weight excluding hydrogens is 585 g/mol. The van der Waals surface area contributed by atoms with Crippen molar-refractivity contribution >= 4 is 29.0 Å². The monoisotopic (exact) mass is 617 g/mol. The molecule has 6 nitrogen and oxygen atoms in total. The predicted molar refractivity (Wildman–Crippen MR) is 177 cm³/mol. The summed E-state index contributed by atoms with van der Waals surface area (Å²) in [6, 6.07) is 30.3. The maximum atomic E-state index is 14.0. The van der Waals surface area contributed by atoms with Gasteiger partial charge in [-0.25, -0.2) is 9.38 Å². The number of fused-ring (bicyclic) bond motifs is 1. The summed E-state index contributed by atoms with van der Waals surface area (Å²) in [4.78, 5) is 33.1. The lowest BCUT2D eigenvalue weighted by atomic mass is 9.93. The maximum Gasteiger partial charge on any atom is 0.271 e. The van der Waals surface area contributed by atoms with Gasteiger partial charge in [-0.2, -0.15) is 0 Å². The van der Waals surface area contributed by atoms with E-state index < -0.39 is 6.04 Å². The molecule has 0 saturated carbocycles. The molecule has 1 aliphatic rings. The second-order valence-electron chi connectivity index (χ2n) is 11.2. The van der Waals surface area contributed by atoms with Crippen molar-refractivity contribution in [2.45, 2.75) is 39.3 Å². The second-order valence-corrected chi connectivity index (χ2v) is 12.2. The van der Waals surface area contributed by atoms with Crippen LogP contribution in [0.3, 0.4) is 0 Å². The number of nitrogens with zero attached hydrogens (tertiary/aromatic N) is 2. The highest BCUT2D eigenvalue weighted by molar-refractivity contribution is 7.07. The first-order chi connectivity index (χ1) is 21.8. The van der Waals surface area contributed by atoms with Crippen LogP contribution in [0.25, 0.3) is 6.08 Å². The van der Waals surface area contributed by atoms with Crippen molar-refractivity contribution in [2.24, 2.45) is 4.99 Å².